The SMILES string of the molecule is OC1(c2cccc(-c3ccccc3)c2C(CN2CCNCC2)C2(O)CCCCC2)CCCCC1. The Morgan fingerprint density at radius 1 is 0.765 bits per heavy atom. The molecular formula is C30H42N2O2. The average molecular weight is 463 g/mol. The first-order valence-corrected chi connectivity index (χ1v) is 13.7. The van der Waals surface area contributed by atoms with Gasteiger partial charge in [0.25, 0.3) is 0 Å². The number of rotatable bonds is 6. The van der Waals surface area contributed by atoms with Gasteiger partial charge in [-0.1, -0.05) is 87.1 Å². The molecule has 1 heterocycles. The third kappa shape index (κ3) is 4.97. The molecule has 1 aliphatic heterocycles. The molecule has 0 spiro atoms. The molecule has 4 nitrogen and oxygen atoms in total. The van der Waals surface area contributed by atoms with Gasteiger partial charge in [-0.2, -0.15) is 0 Å². The molecule has 1 saturated heterocycles. The van der Waals surface area contributed by atoms with Gasteiger partial charge in [-0.25, -0.2) is 0 Å². The van der Waals surface area contributed by atoms with Gasteiger partial charge < -0.3 is 20.4 Å². The van der Waals surface area contributed by atoms with E-state index in [1.54, 1.807) is 0 Å². The largest absolute Gasteiger partial charge is 0.389 e. The second kappa shape index (κ2) is 10.5. The molecule has 0 aromatic heterocycles. The van der Waals surface area contributed by atoms with E-state index in [0.717, 1.165) is 89.7 Å². The fraction of sp³-hybridized carbons (Fsp3) is 0.600. The van der Waals surface area contributed by atoms with Crippen molar-refractivity contribution in [2.45, 2.75) is 81.3 Å². The van der Waals surface area contributed by atoms with E-state index >= 15 is 0 Å². The van der Waals surface area contributed by atoms with Gasteiger partial charge in [0.1, 0.15) is 0 Å². The molecule has 2 saturated carbocycles. The van der Waals surface area contributed by atoms with Gasteiger partial charge in [-0.15, -0.1) is 0 Å². The van der Waals surface area contributed by atoms with Crippen LogP contribution in [0.5, 0.6) is 0 Å². The van der Waals surface area contributed by atoms with Crippen molar-refractivity contribution in [1.29, 1.82) is 0 Å². The van der Waals surface area contributed by atoms with Crippen molar-refractivity contribution < 1.29 is 10.2 Å². The standard InChI is InChI=1S/C30H42N2O2/c33-29(15-6-2-7-16-29)26-14-10-13-25(24-11-4-1-5-12-24)28(26)27(23-32-21-19-31-20-22-32)30(34)17-8-3-9-18-30/h1,4-5,10-14,27,31,33-34H,2-3,6-9,15-23H2. The fourth-order valence-electron chi connectivity index (χ4n) is 6.82. The van der Waals surface area contributed by atoms with Crippen LogP contribution in [0.15, 0.2) is 48.5 Å². The van der Waals surface area contributed by atoms with Crippen LogP contribution < -0.4 is 5.32 Å². The molecule has 3 fully saturated rings. The zero-order valence-electron chi connectivity index (χ0n) is 20.6. The summed E-state index contributed by atoms with van der Waals surface area (Å²) in [5.41, 5.74) is 3.13. The molecule has 4 heteroatoms. The second-order valence-corrected chi connectivity index (χ2v) is 11.0. The first-order valence-electron chi connectivity index (χ1n) is 13.7. The predicted octanol–water partition coefficient (Wildman–Crippen LogP) is 5.19. The van der Waals surface area contributed by atoms with Gasteiger partial charge in [-0.3, -0.25) is 0 Å². The zero-order valence-corrected chi connectivity index (χ0v) is 20.6. The Balaban J connectivity index is 1.67. The van der Waals surface area contributed by atoms with E-state index in [9.17, 15) is 10.2 Å². The van der Waals surface area contributed by atoms with Crippen molar-refractivity contribution in [1.82, 2.24) is 10.2 Å². The lowest BCUT2D eigenvalue weighted by atomic mass is 9.67. The normalized spacial score (nSPS) is 23.9. The summed E-state index contributed by atoms with van der Waals surface area (Å²) in [6, 6.07) is 17.1. The van der Waals surface area contributed by atoms with Crippen LogP contribution in [0, 0.1) is 0 Å². The third-order valence-corrected chi connectivity index (χ3v) is 8.74. The van der Waals surface area contributed by atoms with Crippen LogP contribution in [0.2, 0.25) is 0 Å². The topological polar surface area (TPSA) is 55.7 Å². The molecule has 1 unspecified atom stereocenters. The summed E-state index contributed by atoms with van der Waals surface area (Å²) in [6.45, 7) is 4.88. The minimum atomic E-state index is -0.800. The highest BCUT2D eigenvalue weighted by molar-refractivity contribution is 5.70. The van der Waals surface area contributed by atoms with E-state index in [0.29, 0.717) is 0 Å². The van der Waals surface area contributed by atoms with E-state index < -0.39 is 11.2 Å². The molecule has 3 aliphatic rings. The molecule has 0 radical (unpaired) electrons. The van der Waals surface area contributed by atoms with Gasteiger partial charge in [0, 0.05) is 38.6 Å². The fourth-order valence-corrected chi connectivity index (χ4v) is 6.82. The summed E-state index contributed by atoms with van der Waals surface area (Å²) >= 11 is 0. The smallest absolute Gasteiger partial charge is 0.0899 e. The number of benzene rings is 2. The van der Waals surface area contributed by atoms with E-state index in [1.807, 2.05) is 0 Å². The van der Waals surface area contributed by atoms with Crippen LogP contribution in [0.4, 0.5) is 0 Å². The Morgan fingerprint density at radius 2 is 1.41 bits per heavy atom. The summed E-state index contributed by atoms with van der Waals surface area (Å²) in [6.07, 6.45) is 10.0. The monoisotopic (exact) mass is 462 g/mol. The Morgan fingerprint density at radius 3 is 2.09 bits per heavy atom. The molecule has 2 aliphatic carbocycles. The van der Waals surface area contributed by atoms with Gasteiger partial charge >= 0.3 is 0 Å². The first-order chi connectivity index (χ1) is 16.6. The van der Waals surface area contributed by atoms with Gasteiger partial charge in [0.15, 0.2) is 0 Å². The number of nitrogens with one attached hydrogen (secondary N) is 1. The molecule has 2 aromatic carbocycles. The average Bonchev–Trinajstić information content (AvgIpc) is 2.89. The summed E-state index contributed by atoms with van der Waals surface area (Å²) in [5, 5.41) is 27.8. The maximum Gasteiger partial charge on any atom is 0.0899 e. The molecule has 0 bridgehead atoms. The number of nitrogens with zero attached hydrogens (tertiary/aromatic N) is 1. The predicted molar refractivity (Wildman–Crippen MR) is 139 cm³/mol. The van der Waals surface area contributed by atoms with Crippen LogP contribution in [0.3, 0.4) is 0 Å². The Bertz CT molecular complexity index is 926. The molecule has 1 atom stereocenters. The van der Waals surface area contributed by atoms with Crippen LogP contribution in [0.25, 0.3) is 11.1 Å². The maximum absolute atomic E-state index is 12.3. The summed E-state index contributed by atoms with van der Waals surface area (Å²) in [7, 11) is 0. The molecule has 0 amide bonds. The minimum Gasteiger partial charge on any atom is -0.389 e. The highest BCUT2D eigenvalue weighted by Gasteiger charge is 2.44. The maximum atomic E-state index is 12.3. The number of piperazine rings is 1. The second-order valence-electron chi connectivity index (χ2n) is 11.0. The van der Waals surface area contributed by atoms with Crippen molar-refractivity contribution in [3.8, 4) is 11.1 Å². The van der Waals surface area contributed by atoms with Crippen molar-refractivity contribution in [3.63, 3.8) is 0 Å². The van der Waals surface area contributed by atoms with Gasteiger partial charge in [-0.05, 0) is 47.9 Å². The molecule has 34 heavy (non-hydrogen) atoms. The highest BCUT2D eigenvalue weighted by atomic mass is 16.3. The van der Waals surface area contributed by atoms with Crippen LogP contribution in [0.1, 0.15) is 81.3 Å². The van der Waals surface area contributed by atoms with E-state index in [2.05, 4.69) is 58.7 Å². The number of aliphatic hydroxyl groups is 2. The van der Waals surface area contributed by atoms with Crippen molar-refractivity contribution >= 4 is 0 Å². The van der Waals surface area contributed by atoms with Crippen molar-refractivity contribution in [2.24, 2.45) is 0 Å². The molecular weight excluding hydrogens is 420 g/mol. The third-order valence-electron chi connectivity index (χ3n) is 8.74. The summed E-state index contributed by atoms with van der Waals surface area (Å²) < 4.78 is 0. The van der Waals surface area contributed by atoms with E-state index in [1.165, 1.54) is 29.5 Å². The van der Waals surface area contributed by atoms with Crippen molar-refractivity contribution in [3.05, 3.63) is 59.7 Å². The molecule has 2 aromatic rings. The minimum absolute atomic E-state index is 0.0109. The van der Waals surface area contributed by atoms with Crippen LogP contribution >= 0.6 is 0 Å². The Hall–Kier alpha value is -1.72. The van der Waals surface area contributed by atoms with Crippen molar-refractivity contribution in [2.75, 3.05) is 32.7 Å². The molecule has 5 rings (SSSR count). The number of hydrogen-bond acceptors (Lipinski definition) is 4. The lowest BCUT2D eigenvalue weighted by Gasteiger charge is -2.45. The number of hydrogen-bond donors (Lipinski definition) is 3. The van der Waals surface area contributed by atoms with Crippen LogP contribution in [-0.2, 0) is 5.60 Å². The Labute approximate surface area is 205 Å². The van der Waals surface area contributed by atoms with Crippen LogP contribution in [-0.4, -0.2) is 53.4 Å². The Kier molecular flexibility index (Phi) is 7.41. The lowest BCUT2D eigenvalue weighted by molar-refractivity contribution is -0.0359. The van der Waals surface area contributed by atoms with Gasteiger partial charge in [0.05, 0.1) is 11.2 Å². The summed E-state index contributed by atoms with van der Waals surface area (Å²) in [5.74, 6) is -0.0109. The highest BCUT2D eigenvalue weighted by Crippen LogP contribution is 2.49. The quantitative estimate of drug-likeness (QED) is 0.553. The van der Waals surface area contributed by atoms with Gasteiger partial charge in [0.2, 0.25) is 0 Å². The van der Waals surface area contributed by atoms with E-state index in [-0.39, 0.29) is 5.92 Å². The molecule has 3 N–H and O–H groups in total. The summed E-state index contributed by atoms with van der Waals surface area (Å²) in [4.78, 5) is 2.53. The lowest BCUT2D eigenvalue weighted by Crippen LogP contribution is -2.50. The first kappa shape index (κ1) is 24.0. The zero-order chi connectivity index (χ0) is 23.4. The molecule has 184 valence electrons. The van der Waals surface area contributed by atoms with E-state index in [4.69, 9.17) is 0 Å².